The molecule has 0 spiro atoms. The molecule has 1 saturated heterocycles. The largest absolute Gasteiger partial charge is 0.366 e. The van der Waals surface area contributed by atoms with Crippen LogP contribution in [0.25, 0.3) is 0 Å². The molecule has 1 heterocycles. The lowest BCUT2D eigenvalue weighted by molar-refractivity contribution is 0.467. The maximum absolute atomic E-state index is 14.7. The first-order chi connectivity index (χ1) is 11.2. The van der Waals surface area contributed by atoms with Crippen molar-refractivity contribution in [3.05, 3.63) is 29.6 Å². The third-order valence-corrected chi connectivity index (χ3v) is 5.82. The molecular weight excluding hydrogens is 325 g/mol. The van der Waals surface area contributed by atoms with E-state index in [9.17, 15) is 8.60 Å². The van der Waals surface area contributed by atoms with E-state index in [0.29, 0.717) is 5.69 Å². The van der Waals surface area contributed by atoms with Crippen LogP contribution in [0.15, 0.2) is 18.2 Å². The maximum Gasteiger partial charge on any atom is 0.146 e. The van der Waals surface area contributed by atoms with Gasteiger partial charge in [0.15, 0.2) is 0 Å². The Morgan fingerprint density at radius 2 is 1.88 bits per heavy atom. The highest BCUT2D eigenvalue weighted by Gasteiger charge is 2.29. The van der Waals surface area contributed by atoms with Crippen molar-refractivity contribution in [1.29, 1.82) is 0 Å². The van der Waals surface area contributed by atoms with Gasteiger partial charge in [0.25, 0.3) is 0 Å². The summed E-state index contributed by atoms with van der Waals surface area (Å²) >= 11 is 0. The van der Waals surface area contributed by atoms with Crippen LogP contribution in [-0.4, -0.2) is 35.1 Å². The number of nitrogens with zero attached hydrogens (tertiary/aromatic N) is 1. The second kappa shape index (κ2) is 7.93. The van der Waals surface area contributed by atoms with Crippen molar-refractivity contribution in [1.82, 2.24) is 10.0 Å². The van der Waals surface area contributed by atoms with Crippen LogP contribution in [0.4, 0.5) is 10.1 Å². The maximum atomic E-state index is 14.7. The Kier molecular flexibility index (Phi) is 6.39. The number of piperazine rings is 1. The van der Waals surface area contributed by atoms with Gasteiger partial charge in [0, 0.05) is 32.2 Å². The van der Waals surface area contributed by atoms with Gasteiger partial charge < -0.3 is 10.2 Å². The lowest BCUT2D eigenvalue weighted by Gasteiger charge is -2.35. The van der Waals surface area contributed by atoms with Crippen molar-refractivity contribution in [3.63, 3.8) is 0 Å². The summed E-state index contributed by atoms with van der Waals surface area (Å²) < 4.78 is 30.1. The zero-order valence-corrected chi connectivity index (χ0v) is 16.2. The molecule has 24 heavy (non-hydrogen) atoms. The van der Waals surface area contributed by atoms with Crippen LogP contribution >= 0.6 is 0 Å². The number of rotatable bonds is 5. The summed E-state index contributed by atoms with van der Waals surface area (Å²) in [4.78, 5) is 2.10. The molecule has 0 aromatic heterocycles. The zero-order chi connectivity index (χ0) is 17.9. The highest BCUT2D eigenvalue weighted by atomic mass is 32.2. The Morgan fingerprint density at radius 1 is 1.25 bits per heavy atom. The number of nitrogens with one attached hydrogen (secondary N) is 2. The highest BCUT2D eigenvalue weighted by Crippen LogP contribution is 2.34. The van der Waals surface area contributed by atoms with Crippen LogP contribution in [0, 0.1) is 11.7 Å². The molecule has 2 N–H and O–H groups in total. The van der Waals surface area contributed by atoms with Gasteiger partial charge in [0.2, 0.25) is 0 Å². The SMILES string of the molecule is CC(C)C(N[S@@](=O)C(C)(C)C)c1cccc(F)c1N1CCNCC1. The van der Waals surface area contributed by atoms with E-state index in [1.165, 1.54) is 6.07 Å². The summed E-state index contributed by atoms with van der Waals surface area (Å²) in [5.41, 5.74) is 1.54. The molecule has 1 aliphatic rings. The summed E-state index contributed by atoms with van der Waals surface area (Å²) in [6, 6.07) is 5.05. The van der Waals surface area contributed by atoms with Crippen LogP contribution in [0.5, 0.6) is 0 Å². The normalized spacial score (nSPS) is 18.7. The highest BCUT2D eigenvalue weighted by molar-refractivity contribution is 7.84. The van der Waals surface area contributed by atoms with E-state index >= 15 is 0 Å². The van der Waals surface area contributed by atoms with Gasteiger partial charge >= 0.3 is 0 Å². The molecule has 6 heteroatoms. The van der Waals surface area contributed by atoms with Crippen molar-refractivity contribution in [3.8, 4) is 0 Å². The molecule has 1 fully saturated rings. The van der Waals surface area contributed by atoms with Crippen molar-refractivity contribution in [2.75, 3.05) is 31.1 Å². The van der Waals surface area contributed by atoms with E-state index in [0.717, 1.165) is 31.7 Å². The van der Waals surface area contributed by atoms with E-state index in [1.54, 1.807) is 6.07 Å². The first-order valence-electron chi connectivity index (χ1n) is 8.64. The summed E-state index contributed by atoms with van der Waals surface area (Å²) in [5, 5.41) is 3.30. The first-order valence-corrected chi connectivity index (χ1v) is 9.79. The van der Waals surface area contributed by atoms with Crippen LogP contribution in [0.3, 0.4) is 0 Å². The van der Waals surface area contributed by atoms with Gasteiger partial charge in [-0.3, -0.25) is 0 Å². The minimum Gasteiger partial charge on any atom is -0.366 e. The monoisotopic (exact) mass is 355 g/mol. The third-order valence-electron chi connectivity index (χ3n) is 4.24. The van der Waals surface area contributed by atoms with Crippen molar-refractivity contribution >= 4 is 16.7 Å². The molecule has 0 aliphatic carbocycles. The second-order valence-electron chi connectivity index (χ2n) is 7.64. The molecule has 0 saturated carbocycles. The Morgan fingerprint density at radius 3 is 2.42 bits per heavy atom. The van der Waals surface area contributed by atoms with Crippen molar-refractivity contribution < 1.29 is 8.60 Å². The average molecular weight is 356 g/mol. The van der Waals surface area contributed by atoms with Crippen LogP contribution in [-0.2, 0) is 11.0 Å². The lowest BCUT2D eigenvalue weighted by atomic mass is 9.94. The minimum atomic E-state index is -1.21. The van der Waals surface area contributed by atoms with Crippen LogP contribution in [0.1, 0.15) is 46.2 Å². The van der Waals surface area contributed by atoms with Gasteiger partial charge in [-0.15, -0.1) is 0 Å². The molecule has 0 amide bonds. The standard InChI is InChI=1S/C18H30FN3OS/c1-13(2)16(21-24(23)18(3,4)5)14-7-6-8-15(19)17(14)22-11-9-20-10-12-22/h6-8,13,16,20-21H,9-12H2,1-5H3/t16?,24-/m0/s1. The molecule has 2 rings (SSSR count). The van der Waals surface area contributed by atoms with Gasteiger partial charge in [-0.2, -0.15) is 0 Å². The van der Waals surface area contributed by atoms with E-state index in [1.807, 2.05) is 26.8 Å². The van der Waals surface area contributed by atoms with Crippen LogP contribution in [0.2, 0.25) is 0 Å². The molecule has 0 radical (unpaired) electrons. The third kappa shape index (κ3) is 4.55. The number of benzene rings is 1. The predicted molar refractivity (Wildman–Crippen MR) is 100 cm³/mol. The molecular formula is C18H30FN3OS. The van der Waals surface area contributed by atoms with Crippen LogP contribution < -0.4 is 14.9 Å². The van der Waals surface area contributed by atoms with E-state index < -0.39 is 11.0 Å². The van der Waals surface area contributed by atoms with Crippen molar-refractivity contribution in [2.45, 2.75) is 45.4 Å². The van der Waals surface area contributed by atoms with Gasteiger partial charge in [-0.1, -0.05) is 26.0 Å². The quantitative estimate of drug-likeness (QED) is 0.853. The number of halogens is 1. The lowest BCUT2D eigenvalue weighted by Crippen LogP contribution is -2.45. The fraction of sp³-hybridized carbons (Fsp3) is 0.667. The van der Waals surface area contributed by atoms with Crippen molar-refractivity contribution in [2.24, 2.45) is 5.92 Å². The minimum absolute atomic E-state index is 0.161. The van der Waals surface area contributed by atoms with Gasteiger partial charge in [0.05, 0.1) is 21.4 Å². The Balaban J connectivity index is 2.39. The van der Waals surface area contributed by atoms with Gasteiger partial charge in [-0.05, 0) is 38.3 Å². The Labute approximate surface area is 147 Å². The second-order valence-corrected chi connectivity index (χ2v) is 9.63. The molecule has 1 unspecified atom stereocenters. The Bertz CT molecular complexity index is 580. The predicted octanol–water partition coefficient (Wildman–Crippen LogP) is 2.98. The molecule has 1 aliphatic heterocycles. The fourth-order valence-corrected chi connectivity index (χ4v) is 3.84. The summed E-state index contributed by atoms with van der Waals surface area (Å²) in [5.74, 6) is -0.0110. The average Bonchev–Trinajstić information content (AvgIpc) is 2.51. The van der Waals surface area contributed by atoms with E-state index in [-0.39, 0.29) is 22.5 Å². The first kappa shape index (κ1) is 19.3. The molecule has 1 aromatic carbocycles. The van der Waals surface area contributed by atoms with Gasteiger partial charge in [-0.25, -0.2) is 13.3 Å². The van der Waals surface area contributed by atoms with E-state index in [4.69, 9.17) is 0 Å². The molecule has 136 valence electrons. The summed E-state index contributed by atoms with van der Waals surface area (Å²) in [7, 11) is -1.21. The molecule has 4 nitrogen and oxygen atoms in total. The molecule has 0 bridgehead atoms. The number of hydrogen-bond acceptors (Lipinski definition) is 3. The summed E-state index contributed by atoms with van der Waals surface area (Å²) in [6.45, 7) is 13.2. The molecule has 1 aromatic rings. The topological polar surface area (TPSA) is 44.4 Å². The molecule has 2 atom stereocenters. The number of anilines is 1. The van der Waals surface area contributed by atoms with Gasteiger partial charge in [0.1, 0.15) is 5.82 Å². The Hall–Kier alpha value is -0.980. The summed E-state index contributed by atoms with van der Waals surface area (Å²) in [6.07, 6.45) is 0. The number of hydrogen-bond donors (Lipinski definition) is 2. The van der Waals surface area contributed by atoms with E-state index in [2.05, 4.69) is 28.8 Å². The fourth-order valence-electron chi connectivity index (χ4n) is 2.86. The smallest absolute Gasteiger partial charge is 0.146 e. The number of para-hydroxylation sites is 1. The zero-order valence-electron chi connectivity index (χ0n) is 15.4.